The fourth-order valence-electron chi connectivity index (χ4n) is 3.68. The SMILES string of the molecule is [N-]=[N+]=NCc1ccc2ccc(C(Nc3ccccn3)c3ccc4c(c3)OCO4)c(O)c2n1. The molecule has 5 rings (SSSR count). The van der Waals surface area contributed by atoms with Gasteiger partial charge in [0.2, 0.25) is 6.79 Å². The van der Waals surface area contributed by atoms with Gasteiger partial charge in [-0.1, -0.05) is 35.4 Å². The maximum Gasteiger partial charge on any atom is 0.231 e. The van der Waals surface area contributed by atoms with E-state index < -0.39 is 6.04 Å². The van der Waals surface area contributed by atoms with Gasteiger partial charge in [-0.2, -0.15) is 0 Å². The number of azide groups is 1. The van der Waals surface area contributed by atoms with E-state index >= 15 is 0 Å². The third-order valence-electron chi connectivity index (χ3n) is 5.22. The summed E-state index contributed by atoms with van der Waals surface area (Å²) in [5, 5.41) is 19.0. The van der Waals surface area contributed by atoms with Crippen LogP contribution in [0.3, 0.4) is 0 Å². The van der Waals surface area contributed by atoms with E-state index in [9.17, 15) is 5.11 Å². The quantitative estimate of drug-likeness (QED) is 0.252. The number of phenols is 1. The normalized spacial score (nSPS) is 12.9. The standard InChI is InChI=1S/C23H18N6O3/c24-29-26-12-16-7-4-14-5-8-17(23(30)22(14)27-16)21(28-20-3-1-2-10-25-20)15-6-9-18-19(11-15)32-13-31-18/h1-11,21,30H,12-13H2,(H,25,28). The van der Waals surface area contributed by atoms with Gasteiger partial charge in [0.25, 0.3) is 0 Å². The van der Waals surface area contributed by atoms with E-state index in [4.69, 9.17) is 15.0 Å². The molecule has 1 unspecified atom stereocenters. The van der Waals surface area contributed by atoms with Gasteiger partial charge in [0, 0.05) is 27.8 Å². The van der Waals surface area contributed by atoms with Crippen molar-refractivity contribution in [2.45, 2.75) is 12.6 Å². The topological polar surface area (TPSA) is 125 Å². The van der Waals surface area contributed by atoms with Crippen LogP contribution in [0.1, 0.15) is 22.9 Å². The van der Waals surface area contributed by atoms with Crippen molar-refractivity contribution in [2.24, 2.45) is 5.11 Å². The molecular formula is C23H18N6O3. The number of hydrogen-bond donors (Lipinski definition) is 2. The van der Waals surface area contributed by atoms with Crippen LogP contribution in [0.4, 0.5) is 5.82 Å². The molecule has 0 amide bonds. The molecule has 2 aromatic heterocycles. The summed E-state index contributed by atoms with van der Waals surface area (Å²) in [5.41, 5.74) is 11.1. The smallest absolute Gasteiger partial charge is 0.231 e. The predicted molar refractivity (Wildman–Crippen MR) is 119 cm³/mol. The van der Waals surface area contributed by atoms with Crippen molar-refractivity contribution in [1.29, 1.82) is 0 Å². The van der Waals surface area contributed by atoms with E-state index in [1.165, 1.54) is 0 Å². The summed E-state index contributed by atoms with van der Waals surface area (Å²) in [6.07, 6.45) is 1.70. The molecule has 2 aromatic carbocycles. The highest BCUT2D eigenvalue weighted by Gasteiger charge is 2.23. The molecule has 0 bridgehead atoms. The molecule has 0 saturated carbocycles. The number of aromatic hydroxyl groups is 1. The molecule has 0 spiro atoms. The summed E-state index contributed by atoms with van der Waals surface area (Å²) < 4.78 is 11.0. The lowest BCUT2D eigenvalue weighted by Crippen LogP contribution is -2.13. The minimum Gasteiger partial charge on any atom is -0.505 e. The summed E-state index contributed by atoms with van der Waals surface area (Å²) >= 11 is 0. The van der Waals surface area contributed by atoms with E-state index in [-0.39, 0.29) is 19.1 Å². The van der Waals surface area contributed by atoms with Crippen LogP contribution < -0.4 is 14.8 Å². The lowest BCUT2D eigenvalue weighted by Gasteiger charge is -2.22. The lowest BCUT2D eigenvalue weighted by atomic mass is 9.95. The number of fused-ring (bicyclic) bond motifs is 2. The fraction of sp³-hybridized carbons (Fsp3) is 0.130. The number of benzene rings is 2. The van der Waals surface area contributed by atoms with Gasteiger partial charge in [0.05, 0.1) is 12.6 Å². The summed E-state index contributed by atoms with van der Waals surface area (Å²) in [4.78, 5) is 11.7. The van der Waals surface area contributed by atoms with Crippen LogP contribution >= 0.6 is 0 Å². The number of aromatic nitrogens is 2. The Labute approximate surface area is 182 Å². The molecule has 0 saturated heterocycles. The van der Waals surface area contributed by atoms with Crippen LogP contribution in [0.25, 0.3) is 21.3 Å². The Bertz CT molecular complexity index is 1340. The third-order valence-corrected chi connectivity index (χ3v) is 5.22. The Morgan fingerprint density at radius 2 is 1.97 bits per heavy atom. The van der Waals surface area contributed by atoms with Gasteiger partial charge in [-0.3, -0.25) is 0 Å². The van der Waals surface area contributed by atoms with Crippen LogP contribution in [-0.2, 0) is 6.54 Å². The largest absolute Gasteiger partial charge is 0.505 e. The Morgan fingerprint density at radius 3 is 2.81 bits per heavy atom. The number of pyridine rings is 2. The van der Waals surface area contributed by atoms with Crippen LogP contribution in [0.15, 0.2) is 72.0 Å². The Balaban J connectivity index is 1.63. The number of ether oxygens (including phenoxy) is 2. The zero-order chi connectivity index (χ0) is 21.9. The fourth-order valence-corrected chi connectivity index (χ4v) is 3.68. The van der Waals surface area contributed by atoms with Gasteiger partial charge in [0.15, 0.2) is 11.5 Å². The number of hydrogen-bond acceptors (Lipinski definition) is 7. The molecule has 1 aliphatic rings. The molecular weight excluding hydrogens is 408 g/mol. The van der Waals surface area contributed by atoms with Crippen LogP contribution in [0, 0.1) is 0 Å². The minimum atomic E-state index is -0.439. The van der Waals surface area contributed by atoms with Crippen LogP contribution in [0.2, 0.25) is 0 Å². The molecule has 3 heterocycles. The second-order valence-electron chi connectivity index (χ2n) is 7.17. The zero-order valence-electron chi connectivity index (χ0n) is 16.8. The highest BCUT2D eigenvalue weighted by atomic mass is 16.7. The van der Waals surface area contributed by atoms with Crippen LogP contribution in [0.5, 0.6) is 17.2 Å². The van der Waals surface area contributed by atoms with Gasteiger partial charge in [-0.25, -0.2) is 9.97 Å². The molecule has 4 aromatic rings. The van der Waals surface area contributed by atoms with Gasteiger partial charge in [-0.15, -0.1) is 0 Å². The average Bonchev–Trinajstić information content (AvgIpc) is 3.31. The molecule has 158 valence electrons. The van der Waals surface area contributed by atoms with Crippen LogP contribution in [-0.4, -0.2) is 21.9 Å². The van der Waals surface area contributed by atoms with E-state index in [0.717, 1.165) is 10.9 Å². The van der Waals surface area contributed by atoms with E-state index in [2.05, 4.69) is 25.3 Å². The Kier molecular flexibility index (Phi) is 5.07. The molecule has 0 fully saturated rings. The summed E-state index contributed by atoms with van der Waals surface area (Å²) in [7, 11) is 0. The molecule has 1 aliphatic heterocycles. The molecule has 2 N–H and O–H groups in total. The molecule has 1 atom stereocenters. The third kappa shape index (κ3) is 3.68. The van der Waals surface area contributed by atoms with Crippen molar-refractivity contribution in [3.63, 3.8) is 0 Å². The average molecular weight is 426 g/mol. The van der Waals surface area contributed by atoms with Crippen molar-refractivity contribution in [3.8, 4) is 17.2 Å². The van der Waals surface area contributed by atoms with Crippen molar-refractivity contribution < 1.29 is 14.6 Å². The monoisotopic (exact) mass is 426 g/mol. The number of anilines is 1. The molecule has 0 radical (unpaired) electrons. The number of nitrogens with one attached hydrogen (secondary N) is 1. The molecule has 9 nitrogen and oxygen atoms in total. The Hall–Kier alpha value is -4.49. The van der Waals surface area contributed by atoms with Gasteiger partial charge in [0.1, 0.15) is 17.1 Å². The molecule has 0 aliphatic carbocycles. The van der Waals surface area contributed by atoms with E-state index in [1.54, 1.807) is 12.3 Å². The molecule has 32 heavy (non-hydrogen) atoms. The first kappa shape index (κ1) is 19.5. The first-order valence-electron chi connectivity index (χ1n) is 9.92. The zero-order valence-corrected chi connectivity index (χ0v) is 16.8. The van der Waals surface area contributed by atoms with Crippen molar-refractivity contribution in [1.82, 2.24) is 9.97 Å². The van der Waals surface area contributed by atoms with Gasteiger partial charge in [-0.05, 0) is 41.4 Å². The van der Waals surface area contributed by atoms with E-state index in [0.29, 0.717) is 34.1 Å². The minimum absolute atomic E-state index is 0.0383. The summed E-state index contributed by atoms with van der Waals surface area (Å²) in [6.45, 7) is 0.282. The highest BCUT2D eigenvalue weighted by Crippen LogP contribution is 2.40. The second-order valence-corrected chi connectivity index (χ2v) is 7.17. The second kappa shape index (κ2) is 8.33. The van der Waals surface area contributed by atoms with Gasteiger partial charge < -0.3 is 19.9 Å². The van der Waals surface area contributed by atoms with Crippen molar-refractivity contribution in [2.75, 3.05) is 12.1 Å². The first-order chi connectivity index (χ1) is 15.7. The Morgan fingerprint density at radius 1 is 1.09 bits per heavy atom. The highest BCUT2D eigenvalue weighted by molar-refractivity contribution is 5.86. The number of rotatable bonds is 6. The number of nitrogens with zero attached hydrogens (tertiary/aromatic N) is 5. The maximum absolute atomic E-state index is 11.2. The first-order valence-corrected chi connectivity index (χ1v) is 9.92. The summed E-state index contributed by atoms with van der Waals surface area (Å²) in [5.74, 6) is 2.01. The number of phenolic OH excluding ortho intramolecular Hbond substituents is 1. The van der Waals surface area contributed by atoms with Crippen molar-refractivity contribution in [3.05, 3.63) is 94.1 Å². The van der Waals surface area contributed by atoms with Crippen molar-refractivity contribution >= 4 is 16.7 Å². The van der Waals surface area contributed by atoms with E-state index in [1.807, 2.05) is 54.6 Å². The van der Waals surface area contributed by atoms with Gasteiger partial charge >= 0.3 is 0 Å². The predicted octanol–water partition coefficient (Wildman–Crippen LogP) is 5.08. The summed E-state index contributed by atoms with van der Waals surface area (Å²) in [6, 6.07) is 18.2. The maximum atomic E-state index is 11.2. The lowest BCUT2D eigenvalue weighted by molar-refractivity contribution is 0.174. The molecule has 9 heteroatoms.